The molecule has 0 aliphatic carbocycles. The van der Waals surface area contributed by atoms with Crippen LogP contribution in [0.25, 0.3) is 5.65 Å². The van der Waals surface area contributed by atoms with Crippen LogP contribution < -0.4 is 10.6 Å². The zero-order valence-corrected chi connectivity index (χ0v) is 15.2. The van der Waals surface area contributed by atoms with E-state index in [1.807, 2.05) is 0 Å². The summed E-state index contributed by atoms with van der Waals surface area (Å²) >= 11 is 0. The number of hydrogen-bond acceptors (Lipinski definition) is 7. The van der Waals surface area contributed by atoms with Crippen LogP contribution in [0.4, 0.5) is 13.6 Å². The van der Waals surface area contributed by atoms with Gasteiger partial charge in [0.15, 0.2) is 11.3 Å². The van der Waals surface area contributed by atoms with E-state index in [2.05, 4.69) is 35.7 Å². The van der Waals surface area contributed by atoms with Crippen molar-refractivity contribution in [2.24, 2.45) is 0 Å². The Hall–Kier alpha value is -3.64. The van der Waals surface area contributed by atoms with Gasteiger partial charge >= 0.3 is 6.03 Å². The average Bonchev–Trinajstić information content (AvgIpc) is 3.28. The zero-order chi connectivity index (χ0) is 20.6. The summed E-state index contributed by atoms with van der Waals surface area (Å²) in [7, 11) is 0. The Morgan fingerprint density at radius 3 is 3.00 bits per heavy atom. The van der Waals surface area contributed by atoms with Gasteiger partial charge in [-0.15, -0.1) is 0 Å². The first kappa shape index (κ1) is 18.7. The summed E-state index contributed by atoms with van der Waals surface area (Å²) in [5.74, 6) is -3.44. The van der Waals surface area contributed by atoms with Crippen molar-refractivity contribution in [1.82, 2.24) is 40.4 Å². The minimum absolute atomic E-state index is 0.0255. The maximum Gasteiger partial charge on any atom is 0.318 e. The molecule has 3 aromatic heterocycles. The second kappa shape index (κ2) is 7.07. The smallest absolute Gasteiger partial charge is 0.318 e. The van der Waals surface area contributed by atoms with Crippen LogP contribution in [0.1, 0.15) is 27.4 Å². The topological polar surface area (TPSA) is 131 Å². The molecule has 4 rings (SSSR count). The van der Waals surface area contributed by atoms with E-state index in [-0.39, 0.29) is 18.8 Å². The number of urea groups is 1. The lowest BCUT2D eigenvalue weighted by atomic mass is 10.2. The quantitative estimate of drug-likeness (QED) is 0.631. The summed E-state index contributed by atoms with van der Waals surface area (Å²) in [6.07, 6.45) is 3.09. The fraction of sp³-hybridized carbons (Fsp3) is 0.375. The number of fused-ring (bicyclic) bond motifs is 1. The van der Waals surface area contributed by atoms with E-state index in [0.29, 0.717) is 22.6 Å². The lowest BCUT2D eigenvalue weighted by Crippen LogP contribution is -2.56. The Bertz CT molecular complexity index is 1080. The van der Waals surface area contributed by atoms with E-state index in [9.17, 15) is 18.4 Å². The zero-order valence-electron chi connectivity index (χ0n) is 15.2. The summed E-state index contributed by atoms with van der Waals surface area (Å²) in [6, 6.07) is 1.09. The van der Waals surface area contributed by atoms with Gasteiger partial charge in [-0.2, -0.15) is 5.10 Å². The Labute approximate surface area is 162 Å². The maximum absolute atomic E-state index is 13.5. The predicted octanol–water partition coefficient (Wildman–Crippen LogP) is 0.511. The maximum atomic E-state index is 13.5. The van der Waals surface area contributed by atoms with Crippen LogP contribution in [-0.2, 0) is 13.1 Å². The molecule has 13 heteroatoms. The molecular weight excluding hydrogens is 390 g/mol. The van der Waals surface area contributed by atoms with Crippen molar-refractivity contribution in [3.8, 4) is 0 Å². The Morgan fingerprint density at radius 1 is 1.41 bits per heavy atom. The van der Waals surface area contributed by atoms with Crippen LogP contribution in [0, 0.1) is 6.92 Å². The van der Waals surface area contributed by atoms with Crippen molar-refractivity contribution in [1.29, 1.82) is 0 Å². The molecule has 1 aliphatic rings. The van der Waals surface area contributed by atoms with Gasteiger partial charge in [-0.25, -0.2) is 27.7 Å². The van der Waals surface area contributed by atoms with Gasteiger partial charge in [-0.05, 0) is 23.7 Å². The number of aromatic nitrogens is 5. The molecule has 0 atom stereocenters. The van der Waals surface area contributed by atoms with Gasteiger partial charge in [-0.3, -0.25) is 4.79 Å². The monoisotopic (exact) mass is 406 g/mol. The number of carbonyl (C=O) groups is 2. The van der Waals surface area contributed by atoms with E-state index in [1.54, 1.807) is 19.2 Å². The molecule has 1 fully saturated rings. The number of nitrogens with zero attached hydrogens (tertiary/aromatic N) is 6. The van der Waals surface area contributed by atoms with Gasteiger partial charge in [0.05, 0.1) is 37.7 Å². The Balaban J connectivity index is 1.44. The first-order valence-electron chi connectivity index (χ1n) is 8.62. The second-order valence-corrected chi connectivity index (χ2v) is 6.65. The van der Waals surface area contributed by atoms with Crippen molar-refractivity contribution >= 4 is 17.6 Å². The number of hydrogen-bond donors (Lipinski definition) is 2. The SMILES string of the molecule is Cc1nonc1C(=O)NCc1cn2ncc(CN3CC(F)(F)CNC3=O)cc2n1. The first-order valence-corrected chi connectivity index (χ1v) is 8.62. The van der Waals surface area contributed by atoms with Crippen molar-refractivity contribution in [3.05, 3.63) is 41.1 Å². The Morgan fingerprint density at radius 2 is 2.24 bits per heavy atom. The van der Waals surface area contributed by atoms with Crippen molar-refractivity contribution in [3.63, 3.8) is 0 Å². The molecule has 2 N–H and O–H groups in total. The second-order valence-electron chi connectivity index (χ2n) is 6.65. The summed E-state index contributed by atoms with van der Waals surface area (Å²) in [6.45, 7) is 0.359. The summed E-state index contributed by atoms with van der Waals surface area (Å²) in [4.78, 5) is 29.2. The molecule has 0 saturated carbocycles. The summed E-state index contributed by atoms with van der Waals surface area (Å²) in [5.41, 5.74) is 1.99. The molecular formula is C16H16F2N8O3. The van der Waals surface area contributed by atoms with E-state index in [1.165, 1.54) is 10.7 Å². The molecule has 152 valence electrons. The highest BCUT2D eigenvalue weighted by atomic mass is 19.3. The number of nitrogens with one attached hydrogen (secondary N) is 2. The third-order valence-electron chi connectivity index (χ3n) is 4.31. The summed E-state index contributed by atoms with van der Waals surface area (Å²) < 4.78 is 33.0. The minimum atomic E-state index is -2.98. The molecule has 29 heavy (non-hydrogen) atoms. The van der Waals surface area contributed by atoms with Crippen LogP contribution in [0.3, 0.4) is 0 Å². The van der Waals surface area contributed by atoms with Gasteiger partial charge in [0.2, 0.25) is 0 Å². The summed E-state index contributed by atoms with van der Waals surface area (Å²) in [5, 5.41) is 16.1. The number of carbonyl (C=O) groups excluding carboxylic acids is 2. The van der Waals surface area contributed by atoms with Gasteiger partial charge < -0.3 is 15.5 Å². The number of imidazole rings is 1. The van der Waals surface area contributed by atoms with E-state index in [4.69, 9.17) is 0 Å². The highest BCUT2D eigenvalue weighted by Crippen LogP contribution is 2.20. The average molecular weight is 406 g/mol. The standard InChI is InChI=1S/C16H16F2N8O3/c1-9-13(24-29-23-9)14(27)19-4-11-6-26-12(22-11)2-10(3-21-26)5-25-8-16(17,18)7-20-15(25)28/h2-3,6H,4-5,7-8H2,1H3,(H,19,27)(H,20,28). The molecule has 1 aliphatic heterocycles. The van der Waals surface area contributed by atoms with Crippen molar-refractivity contribution in [2.75, 3.05) is 13.1 Å². The van der Waals surface area contributed by atoms with Crippen LogP contribution >= 0.6 is 0 Å². The highest BCUT2D eigenvalue weighted by Gasteiger charge is 2.38. The molecule has 3 amide bonds. The number of amides is 3. The lowest BCUT2D eigenvalue weighted by molar-refractivity contribution is -0.0367. The normalized spacial score (nSPS) is 16.1. The van der Waals surface area contributed by atoms with E-state index >= 15 is 0 Å². The van der Waals surface area contributed by atoms with Crippen molar-refractivity contribution < 1.29 is 23.0 Å². The van der Waals surface area contributed by atoms with Crippen molar-refractivity contribution in [2.45, 2.75) is 25.9 Å². The van der Waals surface area contributed by atoms with Crippen LogP contribution in [0.5, 0.6) is 0 Å². The number of aryl methyl sites for hydroxylation is 1. The number of alkyl halides is 2. The molecule has 11 nitrogen and oxygen atoms in total. The molecule has 0 spiro atoms. The Kier molecular flexibility index (Phi) is 4.56. The molecule has 3 aromatic rings. The number of rotatable bonds is 5. The minimum Gasteiger partial charge on any atom is -0.345 e. The molecule has 4 heterocycles. The third-order valence-corrected chi connectivity index (χ3v) is 4.31. The van der Waals surface area contributed by atoms with Gasteiger partial charge in [-0.1, -0.05) is 5.16 Å². The van der Waals surface area contributed by atoms with Gasteiger partial charge in [0, 0.05) is 6.54 Å². The van der Waals surface area contributed by atoms with E-state index < -0.39 is 31.0 Å². The van der Waals surface area contributed by atoms with Crippen LogP contribution in [-0.4, -0.2) is 60.8 Å². The molecule has 0 unspecified atom stereocenters. The molecule has 0 aromatic carbocycles. The van der Waals surface area contributed by atoms with E-state index in [0.717, 1.165) is 4.90 Å². The molecule has 0 bridgehead atoms. The molecule has 1 saturated heterocycles. The molecule has 0 radical (unpaired) electrons. The lowest BCUT2D eigenvalue weighted by Gasteiger charge is -2.32. The largest absolute Gasteiger partial charge is 0.345 e. The number of halogens is 2. The van der Waals surface area contributed by atoms with Crippen LogP contribution in [0.15, 0.2) is 23.1 Å². The van der Waals surface area contributed by atoms with Crippen LogP contribution in [0.2, 0.25) is 0 Å². The fourth-order valence-electron chi connectivity index (χ4n) is 2.90. The fourth-order valence-corrected chi connectivity index (χ4v) is 2.90. The third kappa shape index (κ3) is 3.97. The predicted molar refractivity (Wildman–Crippen MR) is 91.9 cm³/mol. The highest BCUT2D eigenvalue weighted by molar-refractivity contribution is 5.92. The van der Waals surface area contributed by atoms with Gasteiger partial charge in [0.25, 0.3) is 11.8 Å². The first-order chi connectivity index (χ1) is 13.8. The van der Waals surface area contributed by atoms with Gasteiger partial charge in [0.1, 0.15) is 5.69 Å².